The Morgan fingerprint density at radius 3 is 2.67 bits per heavy atom. The van der Waals surface area contributed by atoms with Gasteiger partial charge in [0.1, 0.15) is 5.82 Å². The molecule has 0 spiro atoms. The van der Waals surface area contributed by atoms with Crippen molar-refractivity contribution in [1.82, 2.24) is 0 Å². The molecule has 0 aliphatic heterocycles. The van der Waals surface area contributed by atoms with Crippen LogP contribution in [0.25, 0.3) is 0 Å². The lowest BCUT2D eigenvalue weighted by Crippen LogP contribution is -2.20. The van der Waals surface area contributed by atoms with E-state index in [9.17, 15) is 14.3 Å². The molecule has 2 aromatic carbocycles. The SMILES string of the molecule is O=C(Nc1cc(F)cc(Cl)c1)Nc1cc(Br)ccc1CO. The average molecular weight is 374 g/mol. The van der Waals surface area contributed by atoms with E-state index in [2.05, 4.69) is 26.6 Å². The number of halogens is 3. The van der Waals surface area contributed by atoms with Crippen LogP contribution in [-0.4, -0.2) is 11.1 Å². The highest BCUT2D eigenvalue weighted by Gasteiger charge is 2.08. The number of rotatable bonds is 3. The molecule has 0 aliphatic rings. The second-order valence-electron chi connectivity index (χ2n) is 4.20. The first kappa shape index (κ1) is 15.8. The number of urea groups is 1. The van der Waals surface area contributed by atoms with Gasteiger partial charge in [0.25, 0.3) is 0 Å². The van der Waals surface area contributed by atoms with Gasteiger partial charge in [-0.05, 0) is 30.3 Å². The average Bonchev–Trinajstić information content (AvgIpc) is 2.37. The smallest absolute Gasteiger partial charge is 0.323 e. The second-order valence-corrected chi connectivity index (χ2v) is 5.55. The van der Waals surface area contributed by atoms with Gasteiger partial charge in [-0.2, -0.15) is 0 Å². The molecule has 2 amide bonds. The van der Waals surface area contributed by atoms with Gasteiger partial charge < -0.3 is 15.7 Å². The molecular weight excluding hydrogens is 363 g/mol. The number of hydrogen-bond acceptors (Lipinski definition) is 2. The zero-order chi connectivity index (χ0) is 15.4. The van der Waals surface area contributed by atoms with Crippen LogP contribution in [0.3, 0.4) is 0 Å². The van der Waals surface area contributed by atoms with E-state index in [1.54, 1.807) is 18.2 Å². The number of aliphatic hydroxyl groups excluding tert-OH is 1. The van der Waals surface area contributed by atoms with Crippen LogP contribution in [0.15, 0.2) is 40.9 Å². The summed E-state index contributed by atoms with van der Waals surface area (Å²) >= 11 is 8.99. The lowest BCUT2D eigenvalue weighted by molar-refractivity contribution is 0.262. The highest BCUT2D eigenvalue weighted by Crippen LogP contribution is 2.22. The van der Waals surface area contributed by atoms with Gasteiger partial charge in [0, 0.05) is 26.4 Å². The molecule has 0 atom stereocenters. The molecule has 3 N–H and O–H groups in total. The van der Waals surface area contributed by atoms with E-state index >= 15 is 0 Å². The van der Waals surface area contributed by atoms with Crippen molar-refractivity contribution in [3.05, 3.63) is 57.3 Å². The van der Waals surface area contributed by atoms with E-state index in [4.69, 9.17) is 11.6 Å². The van der Waals surface area contributed by atoms with E-state index in [1.165, 1.54) is 6.07 Å². The van der Waals surface area contributed by atoms with Crippen LogP contribution in [0.4, 0.5) is 20.6 Å². The molecule has 0 bridgehead atoms. The standard InChI is InChI=1S/C14H11BrClFN2O2/c15-9-2-1-8(7-20)13(3-9)19-14(21)18-12-5-10(16)4-11(17)6-12/h1-6,20H,7H2,(H2,18,19,21). The maximum Gasteiger partial charge on any atom is 0.323 e. The minimum absolute atomic E-state index is 0.184. The number of aliphatic hydroxyl groups is 1. The Bertz CT molecular complexity index is 662. The van der Waals surface area contributed by atoms with Gasteiger partial charge in [-0.1, -0.05) is 33.6 Å². The topological polar surface area (TPSA) is 61.4 Å². The van der Waals surface area contributed by atoms with Crippen molar-refractivity contribution in [3.8, 4) is 0 Å². The van der Waals surface area contributed by atoms with Crippen LogP contribution in [0, 0.1) is 5.82 Å². The molecule has 0 aliphatic carbocycles. The highest BCUT2D eigenvalue weighted by atomic mass is 79.9. The first-order chi connectivity index (χ1) is 9.97. The summed E-state index contributed by atoms with van der Waals surface area (Å²) in [5.41, 5.74) is 1.25. The molecule has 0 saturated heterocycles. The Balaban J connectivity index is 2.13. The monoisotopic (exact) mass is 372 g/mol. The first-order valence-corrected chi connectivity index (χ1v) is 7.08. The fraction of sp³-hybridized carbons (Fsp3) is 0.0714. The van der Waals surface area contributed by atoms with Crippen LogP contribution < -0.4 is 10.6 Å². The summed E-state index contributed by atoms with van der Waals surface area (Å²) in [5, 5.41) is 14.5. The van der Waals surface area contributed by atoms with Crippen molar-refractivity contribution >= 4 is 44.9 Å². The Morgan fingerprint density at radius 2 is 2.00 bits per heavy atom. The van der Waals surface area contributed by atoms with E-state index in [0.29, 0.717) is 11.3 Å². The molecule has 2 rings (SSSR count). The largest absolute Gasteiger partial charge is 0.392 e. The quantitative estimate of drug-likeness (QED) is 0.748. The number of hydrogen-bond donors (Lipinski definition) is 3. The van der Waals surface area contributed by atoms with Crippen molar-refractivity contribution in [2.75, 3.05) is 10.6 Å². The van der Waals surface area contributed by atoms with E-state index < -0.39 is 11.8 Å². The van der Waals surface area contributed by atoms with Crippen LogP contribution in [0.5, 0.6) is 0 Å². The molecule has 2 aromatic rings. The third-order valence-corrected chi connectivity index (χ3v) is 3.32. The van der Waals surface area contributed by atoms with Gasteiger partial charge >= 0.3 is 6.03 Å². The molecule has 110 valence electrons. The molecule has 7 heteroatoms. The van der Waals surface area contributed by atoms with Crippen molar-refractivity contribution in [3.63, 3.8) is 0 Å². The molecule has 0 aromatic heterocycles. The molecular formula is C14H11BrClFN2O2. The molecule has 4 nitrogen and oxygen atoms in total. The summed E-state index contributed by atoms with van der Waals surface area (Å²) in [6.45, 7) is -0.214. The molecule has 0 fully saturated rings. The summed E-state index contributed by atoms with van der Waals surface area (Å²) < 4.78 is 13.9. The van der Waals surface area contributed by atoms with Crippen LogP contribution in [0.2, 0.25) is 5.02 Å². The van der Waals surface area contributed by atoms with Gasteiger partial charge in [-0.3, -0.25) is 0 Å². The molecule has 0 heterocycles. The third-order valence-electron chi connectivity index (χ3n) is 2.61. The normalized spacial score (nSPS) is 10.3. The van der Waals surface area contributed by atoms with Crippen LogP contribution >= 0.6 is 27.5 Å². The number of carbonyl (C=O) groups excluding carboxylic acids is 1. The summed E-state index contributed by atoms with van der Waals surface area (Å²) in [7, 11) is 0. The summed E-state index contributed by atoms with van der Waals surface area (Å²) in [6.07, 6.45) is 0. The summed E-state index contributed by atoms with van der Waals surface area (Å²) in [4.78, 5) is 11.9. The number of amides is 2. The van der Waals surface area contributed by atoms with Crippen molar-refractivity contribution in [2.24, 2.45) is 0 Å². The lowest BCUT2D eigenvalue weighted by Gasteiger charge is -2.11. The van der Waals surface area contributed by atoms with E-state index in [1.807, 2.05) is 0 Å². The molecule has 21 heavy (non-hydrogen) atoms. The van der Waals surface area contributed by atoms with Crippen molar-refractivity contribution < 1.29 is 14.3 Å². The lowest BCUT2D eigenvalue weighted by atomic mass is 10.2. The second kappa shape index (κ2) is 6.89. The van der Waals surface area contributed by atoms with Gasteiger partial charge in [0.05, 0.1) is 6.61 Å². The Kier molecular flexibility index (Phi) is 5.17. The number of benzene rings is 2. The van der Waals surface area contributed by atoms with E-state index in [0.717, 1.165) is 16.6 Å². The fourth-order valence-electron chi connectivity index (χ4n) is 1.71. The molecule has 0 unspecified atom stereocenters. The summed E-state index contributed by atoms with van der Waals surface area (Å²) in [5.74, 6) is -0.545. The predicted molar refractivity (Wildman–Crippen MR) is 84.1 cm³/mol. The minimum atomic E-state index is -0.565. The number of nitrogens with one attached hydrogen (secondary N) is 2. The van der Waals surface area contributed by atoms with Crippen LogP contribution in [-0.2, 0) is 6.61 Å². The van der Waals surface area contributed by atoms with Crippen LogP contribution in [0.1, 0.15) is 5.56 Å². The predicted octanol–water partition coefficient (Wildman–Crippen LogP) is 4.38. The Hall–Kier alpha value is -1.63. The van der Waals surface area contributed by atoms with Gasteiger partial charge in [0.15, 0.2) is 0 Å². The van der Waals surface area contributed by atoms with E-state index in [-0.39, 0.29) is 17.3 Å². The zero-order valence-electron chi connectivity index (χ0n) is 10.7. The maximum atomic E-state index is 13.2. The highest BCUT2D eigenvalue weighted by molar-refractivity contribution is 9.10. The zero-order valence-corrected chi connectivity index (χ0v) is 13.0. The molecule has 0 saturated carbocycles. The van der Waals surface area contributed by atoms with Gasteiger partial charge in [-0.25, -0.2) is 9.18 Å². The minimum Gasteiger partial charge on any atom is -0.392 e. The Labute approximate surface area is 134 Å². The maximum absolute atomic E-state index is 13.2. The van der Waals surface area contributed by atoms with Gasteiger partial charge in [0.2, 0.25) is 0 Å². The third kappa shape index (κ3) is 4.42. The van der Waals surface area contributed by atoms with Crippen molar-refractivity contribution in [2.45, 2.75) is 6.61 Å². The number of carbonyl (C=O) groups is 1. The van der Waals surface area contributed by atoms with Crippen molar-refractivity contribution in [1.29, 1.82) is 0 Å². The Morgan fingerprint density at radius 1 is 1.24 bits per heavy atom. The fourth-order valence-corrected chi connectivity index (χ4v) is 2.30. The summed E-state index contributed by atoms with van der Waals surface area (Å²) in [6, 6.07) is 8.24. The molecule has 0 radical (unpaired) electrons. The van der Waals surface area contributed by atoms with Gasteiger partial charge in [-0.15, -0.1) is 0 Å². The number of anilines is 2. The first-order valence-electron chi connectivity index (χ1n) is 5.91.